The van der Waals surface area contributed by atoms with E-state index in [0.29, 0.717) is 0 Å². The van der Waals surface area contributed by atoms with Crippen LogP contribution in [0.4, 0.5) is 8.78 Å². The Balaban J connectivity index is 2.11. The van der Waals surface area contributed by atoms with Gasteiger partial charge in [0.1, 0.15) is 0 Å². The highest BCUT2D eigenvalue weighted by molar-refractivity contribution is 14.1. The lowest BCUT2D eigenvalue weighted by Gasteiger charge is -2.69. The van der Waals surface area contributed by atoms with Gasteiger partial charge >= 0.3 is 0 Å². The third-order valence-electron chi connectivity index (χ3n) is 2.90. The molecule has 0 nitrogen and oxygen atoms in total. The van der Waals surface area contributed by atoms with E-state index >= 15 is 0 Å². The van der Waals surface area contributed by atoms with Crippen LogP contribution in [0, 0.1) is 5.41 Å². The van der Waals surface area contributed by atoms with Gasteiger partial charge in [-0.05, 0) is 26.2 Å². The summed E-state index contributed by atoms with van der Waals surface area (Å²) in [5, 5.41) is 0. The molecule has 3 fully saturated rings. The first kappa shape index (κ1) is 7.25. The maximum absolute atomic E-state index is 12.8. The topological polar surface area (TPSA) is 0 Å². The molecular weight excluding hydrogens is 249 g/mol. The van der Waals surface area contributed by atoms with Gasteiger partial charge in [0.15, 0.2) is 0 Å². The zero-order valence-corrected chi connectivity index (χ0v) is 7.91. The van der Waals surface area contributed by atoms with Crippen LogP contribution in [0.25, 0.3) is 0 Å². The Morgan fingerprint density at radius 2 is 1.70 bits per heavy atom. The molecule has 10 heavy (non-hydrogen) atoms. The average molecular weight is 258 g/mol. The van der Waals surface area contributed by atoms with Crippen molar-refractivity contribution in [2.24, 2.45) is 5.41 Å². The van der Waals surface area contributed by atoms with Gasteiger partial charge in [0.05, 0.1) is 0 Å². The summed E-state index contributed by atoms with van der Waals surface area (Å²) in [6, 6.07) is 0. The van der Waals surface area contributed by atoms with Gasteiger partial charge in [-0.3, -0.25) is 0 Å². The average Bonchev–Trinajstić information content (AvgIpc) is 1.51. The van der Waals surface area contributed by atoms with Crippen molar-refractivity contribution in [3.63, 3.8) is 0 Å². The Labute approximate surface area is 72.5 Å². The fraction of sp³-hybridized carbons (Fsp3) is 1.00. The zero-order chi connectivity index (χ0) is 7.62. The Kier molecular flexibility index (Phi) is 1.10. The number of halogens is 3. The fourth-order valence-electron chi connectivity index (χ4n) is 2.13. The van der Waals surface area contributed by atoms with Gasteiger partial charge in [0, 0.05) is 8.84 Å². The van der Waals surface area contributed by atoms with Crippen LogP contribution in [0.15, 0.2) is 0 Å². The summed E-state index contributed by atoms with van der Waals surface area (Å²) in [5.74, 6) is -2.43. The Morgan fingerprint density at radius 3 is 1.80 bits per heavy atom. The van der Waals surface area contributed by atoms with E-state index in [1.807, 2.05) is 0 Å². The maximum atomic E-state index is 12.8. The zero-order valence-electron chi connectivity index (χ0n) is 5.76. The van der Waals surface area contributed by atoms with Crippen molar-refractivity contribution < 1.29 is 8.78 Å². The van der Waals surface area contributed by atoms with Crippen molar-refractivity contribution in [3.8, 4) is 0 Å². The second kappa shape index (κ2) is 1.52. The summed E-state index contributed by atoms with van der Waals surface area (Å²) in [6.07, 6.45) is 2.22. The van der Waals surface area contributed by atoms with Crippen molar-refractivity contribution in [1.82, 2.24) is 0 Å². The first-order valence-corrected chi connectivity index (χ1v) is 4.52. The van der Waals surface area contributed by atoms with E-state index in [4.69, 9.17) is 0 Å². The molecule has 3 rings (SSSR count). The first-order valence-electron chi connectivity index (χ1n) is 3.44. The normalized spacial score (nSPS) is 51.6. The minimum Gasteiger partial charge on any atom is -0.207 e. The summed E-state index contributed by atoms with van der Waals surface area (Å²) in [6.45, 7) is 1.06. The minimum absolute atomic E-state index is 0.275. The molecule has 0 aromatic heterocycles. The van der Waals surface area contributed by atoms with Gasteiger partial charge in [0.25, 0.3) is 5.92 Å². The molecule has 0 N–H and O–H groups in total. The highest BCUT2D eigenvalue weighted by atomic mass is 127. The van der Waals surface area contributed by atoms with E-state index in [9.17, 15) is 8.78 Å². The van der Waals surface area contributed by atoms with Crippen molar-refractivity contribution in [2.75, 3.05) is 0 Å². The third-order valence-corrected chi connectivity index (χ3v) is 4.04. The van der Waals surface area contributed by atoms with Gasteiger partial charge in [-0.15, -0.1) is 0 Å². The number of rotatable bonds is 1. The molecular formula is C7H9F2I. The molecule has 0 atom stereocenters. The standard InChI is InChI=1S/C7H9F2I/c1-5(8,9)6-2-7(10,3-6)4-6/h2-4H2,1H3. The molecule has 0 aromatic carbocycles. The van der Waals surface area contributed by atoms with Gasteiger partial charge in [-0.2, -0.15) is 0 Å². The van der Waals surface area contributed by atoms with E-state index in [-0.39, 0.29) is 3.42 Å². The van der Waals surface area contributed by atoms with E-state index in [0.717, 1.165) is 26.2 Å². The van der Waals surface area contributed by atoms with Gasteiger partial charge in [-0.25, -0.2) is 8.78 Å². The van der Waals surface area contributed by atoms with Crippen LogP contribution in [-0.2, 0) is 0 Å². The van der Waals surface area contributed by atoms with E-state index in [2.05, 4.69) is 22.6 Å². The Morgan fingerprint density at radius 1 is 1.30 bits per heavy atom. The second-order valence-corrected chi connectivity index (χ2v) is 6.14. The van der Waals surface area contributed by atoms with Crippen molar-refractivity contribution in [1.29, 1.82) is 0 Å². The smallest absolute Gasteiger partial charge is 0.207 e. The lowest BCUT2D eigenvalue weighted by Crippen LogP contribution is -2.69. The van der Waals surface area contributed by atoms with E-state index in [1.54, 1.807) is 0 Å². The highest BCUT2D eigenvalue weighted by Crippen LogP contribution is 2.76. The SMILES string of the molecule is CC(F)(F)C12CC(I)(C1)C2. The van der Waals surface area contributed by atoms with Crippen molar-refractivity contribution in [2.45, 2.75) is 35.5 Å². The monoisotopic (exact) mass is 258 g/mol. The summed E-state index contributed by atoms with van der Waals surface area (Å²) in [5.41, 5.74) is -0.575. The van der Waals surface area contributed by atoms with Gasteiger partial charge in [0.2, 0.25) is 0 Å². The third kappa shape index (κ3) is 0.650. The van der Waals surface area contributed by atoms with Crippen LogP contribution < -0.4 is 0 Å². The van der Waals surface area contributed by atoms with Crippen LogP contribution in [-0.4, -0.2) is 9.34 Å². The molecule has 0 amide bonds. The lowest BCUT2D eigenvalue weighted by molar-refractivity contribution is -0.232. The Hall–Kier alpha value is 0.590. The van der Waals surface area contributed by atoms with E-state index in [1.165, 1.54) is 0 Å². The largest absolute Gasteiger partial charge is 0.251 e. The lowest BCUT2D eigenvalue weighted by atomic mass is 9.42. The molecule has 3 aliphatic carbocycles. The second-order valence-electron chi connectivity index (χ2n) is 3.85. The molecule has 3 aliphatic rings. The van der Waals surface area contributed by atoms with Gasteiger partial charge in [-0.1, -0.05) is 22.6 Å². The predicted molar refractivity (Wildman–Crippen MR) is 43.7 cm³/mol. The van der Waals surface area contributed by atoms with Gasteiger partial charge < -0.3 is 0 Å². The molecule has 0 radical (unpaired) electrons. The van der Waals surface area contributed by atoms with Crippen LogP contribution in [0.3, 0.4) is 0 Å². The number of hydrogen-bond donors (Lipinski definition) is 0. The minimum atomic E-state index is -2.43. The summed E-state index contributed by atoms with van der Waals surface area (Å²) in [7, 11) is 0. The van der Waals surface area contributed by atoms with Crippen LogP contribution in [0.2, 0.25) is 0 Å². The highest BCUT2D eigenvalue weighted by Gasteiger charge is 2.74. The quantitative estimate of drug-likeness (QED) is 0.501. The van der Waals surface area contributed by atoms with Crippen molar-refractivity contribution >= 4 is 22.6 Å². The summed E-state index contributed by atoms with van der Waals surface area (Å²) < 4.78 is 25.8. The molecule has 0 aromatic rings. The summed E-state index contributed by atoms with van der Waals surface area (Å²) in [4.78, 5) is 0. The molecule has 0 heterocycles. The molecule has 58 valence electrons. The fourth-order valence-corrected chi connectivity index (χ4v) is 4.32. The predicted octanol–water partition coefficient (Wildman–Crippen LogP) is 3.00. The Bertz CT molecular complexity index is 163. The molecule has 0 unspecified atom stereocenters. The molecule has 3 saturated carbocycles. The molecule has 0 saturated heterocycles. The number of hydrogen-bond acceptors (Lipinski definition) is 0. The van der Waals surface area contributed by atoms with Crippen LogP contribution in [0.5, 0.6) is 0 Å². The first-order chi connectivity index (χ1) is 4.37. The van der Waals surface area contributed by atoms with E-state index < -0.39 is 11.3 Å². The summed E-state index contributed by atoms with van der Waals surface area (Å²) >= 11 is 2.31. The molecule has 3 heteroatoms. The number of alkyl halides is 3. The van der Waals surface area contributed by atoms with Crippen LogP contribution >= 0.6 is 22.6 Å². The maximum Gasteiger partial charge on any atom is 0.251 e. The van der Waals surface area contributed by atoms with Crippen molar-refractivity contribution in [3.05, 3.63) is 0 Å². The molecule has 2 bridgehead atoms. The molecule has 0 aliphatic heterocycles. The molecule has 0 spiro atoms. The van der Waals surface area contributed by atoms with Crippen LogP contribution in [0.1, 0.15) is 26.2 Å².